The van der Waals surface area contributed by atoms with E-state index in [1.165, 1.54) is 48.2 Å². The van der Waals surface area contributed by atoms with Crippen LogP contribution in [0.2, 0.25) is 0 Å². The molecule has 2 amide bonds. The summed E-state index contributed by atoms with van der Waals surface area (Å²) in [6.07, 6.45) is 2.25. The fraction of sp³-hybridized carbons (Fsp3) is 0.263. The molecule has 0 spiro atoms. The molecule has 2 rings (SSSR count). The molecule has 9 heteroatoms. The summed E-state index contributed by atoms with van der Waals surface area (Å²) in [6.45, 7) is 1.66. The van der Waals surface area contributed by atoms with Crippen LogP contribution in [0.25, 0.3) is 0 Å². The Morgan fingerprint density at radius 3 is 2.64 bits per heavy atom. The number of nitrogens with zero attached hydrogens (tertiary/aromatic N) is 1. The van der Waals surface area contributed by atoms with E-state index in [9.17, 15) is 24.1 Å². The van der Waals surface area contributed by atoms with Crippen LogP contribution in [0.5, 0.6) is 0 Å². The van der Waals surface area contributed by atoms with E-state index in [-0.39, 0.29) is 11.3 Å². The van der Waals surface area contributed by atoms with Crippen LogP contribution in [-0.2, 0) is 4.79 Å². The number of hydrogen-bond acceptors (Lipinski definition) is 5. The van der Waals surface area contributed by atoms with E-state index < -0.39 is 28.6 Å². The van der Waals surface area contributed by atoms with E-state index >= 15 is 0 Å². The third kappa shape index (κ3) is 5.78. The molecular weight excluding hydrogens is 385 g/mol. The number of nitro benzene ring substituents is 1. The van der Waals surface area contributed by atoms with E-state index in [2.05, 4.69) is 10.6 Å². The Balaban J connectivity index is 2.15. The molecule has 1 atom stereocenters. The van der Waals surface area contributed by atoms with Crippen molar-refractivity contribution in [2.45, 2.75) is 19.4 Å². The second kappa shape index (κ2) is 9.84. The van der Waals surface area contributed by atoms with Gasteiger partial charge < -0.3 is 10.6 Å². The molecular formula is C19H20FN3O4S. The fourth-order valence-electron chi connectivity index (χ4n) is 2.49. The van der Waals surface area contributed by atoms with Crippen molar-refractivity contribution < 1.29 is 18.9 Å². The standard InChI is InChI=1S/C19H20FN3O4S/c1-12-10-14(20)6-7-16(12)21-19(25)17(8-9-28-2)22-18(24)13-4-3-5-15(11-13)23(26)27/h3-7,10-11,17H,8-9H2,1-2H3,(H,21,25)(H,22,24)/t17-/m0/s1. The molecule has 2 N–H and O–H groups in total. The van der Waals surface area contributed by atoms with Gasteiger partial charge in [0.1, 0.15) is 11.9 Å². The number of nitrogens with one attached hydrogen (secondary N) is 2. The molecule has 0 unspecified atom stereocenters. The van der Waals surface area contributed by atoms with Gasteiger partial charge in [0.2, 0.25) is 5.91 Å². The van der Waals surface area contributed by atoms with Crippen molar-refractivity contribution in [3.8, 4) is 0 Å². The molecule has 0 heterocycles. The first-order chi connectivity index (χ1) is 13.3. The van der Waals surface area contributed by atoms with Gasteiger partial charge in [-0.3, -0.25) is 19.7 Å². The van der Waals surface area contributed by atoms with Crippen LogP contribution >= 0.6 is 11.8 Å². The maximum absolute atomic E-state index is 13.2. The normalized spacial score (nSPS) is 11.5. The lowest BCUT2D eigenvalue weighted by molar-refractivity contribution is -0.384. The molecule has 0 fully saturated rings. The van der Waals surface area contributed by atoms with Gasteiger partial charge in [0.15, 0.2) is 0 Å². The number of amides is 2. The molecule has 0 aliphatic heterocycles. The van der Waals surface area contributed by atoms with Crippen LogP contribution < -0.4 is 10.6 Å². The fourth-order valence-corrected chi connectivity index (χ4v) is 2.97. The molecule has 2 aromatic carbocycles. The van der Waals surface area contributed by atoms with Crippen LogP contribution in [0.1, 0.15) is 22.3 Å². The van der Waals surface area contributed by atoms with Crippen LogP contribution in [-0.4, -0.2) is 34.8 Å². The summed E-state index contributed by atoms with van der Waals surface area (Å²) < 4.78 is 13.2. The Morgan fingerprint density at radius 2 is 2.00 bits per heavy atom. The predicted octanol–water partition coefficient (Wildman–Crippen LogP) is 3.53. The summed E-state index contributed by atoms with van der Waals surface area (Å²) >= 11 is 1.52. The summed E-state index contributed by atoms with van der Waals surface area (Å²) in [6, 6.07) is 8.44. The van der Waals surface area contributed by atoms with Crippen molar-refractivity contribution in [2.24, 2.45) is 0 Å². The van der Waals surface area contributed by atoms with Crippen LogP contribution in [0.15, 0.2) is 42.5 Å². The number of carbonyl (C=O) groups is 2. The van der Waals surface area contributed by atoms with Crippen LogP contribution in [0, 0.1) is 22.9 Å². The summed E-state index contributed by atoms with van der Waals surface area (Å²) in [4.78, 5) is 35.4. The van der Waals surface area contributed by atoms with Gasteiger partial charge in [-0.15, -0.1) is 0 Å². The van der Waals surface area contributed by atoms with E-state index in [1.807, 2.05) is 6.26 Å². The summed E-state index contributed by atoms with van der Waals surface area (Å²) in [5, 5.41) is 16.2. The molecule has 0 saturated carbocycles. The number of halogens is 1. The molecule has 7 nitrogen and oxygen atoms in total. The van der Waals surface area contributed by atoms with Gasteiger partial charge >= 0.3 is 0 Å². The average Bonchev–Trinajstić information content (AvgIpc) is 2.67. The third-order valence-corrected chi connectivity index (χ3v) is 4.64. The van der Waals surface area contributed by atoms with Gasteiger partial charge in [0, 0.05) is 23.4 Å². The Labute approximate surface area is 165 Å². The van der Waals surface area contributed by atoms with Gasteiger partial charge in [-0.2, -0.15) is 11.8 Å². The number of anilines is 1. The number of nitro groups is 1. The molecule has 0 radical (unpaired) electrons. The highest BCUT2D eigenvalue weighted by Gasteiger charge is 2.22. The maximum atomic E-state index is 13.2. The lowest BCUT2D eigenvalue weighted by Crippen LogP contribution is -2.44. The molecule has 0 saturated heterocycles. The zero-order valence-electron chi connectivity index (χ0n) is 15.4. The second-order valence-electron chi connectivity index (χ2n) is 6.06. The highest BCUT2D eigenvalue weighted by molar-refractivity contribution is 7.98. The highest BCUT2D eigenvalue weighted by Crippen LogP contribution is 2.17. The summed E-state index contributed by atoms with van der Waals surface area (Å²) in [7, 11) is 0. The molecule has 0 aromatic heterocycles. The van der Waals surface area contributed by atoms with Crippen LogP contribution in [0.3, 0.4) is 0 Å². The van der Waals surface area contributed by atoms with Crippen molar-refractivity contribution in [3.63, 3.8) is 0 Å². The van der Waals surface area contributed by atoms with Gasteiger partial charge in [0.25, 0.3) is 11.6 Å². The summed E-state index contributed by atoms with van der Waals surface area (Å²) in [5.41, 5.74) is 0.890. The minimum Gasteiger partial charge on any atom is -0.340 e. The van der Waals surface area contributed by atoms with E-state index in [1.54, 1.807) is 6.92 Å². The summed E-state index contributed by atoms with van der Waals surface area (Å²) in [5.74, 6) is -0.813. The monoisotopic (exact) mass is 405 g/mol. The van der Waals surface area contributed by atoms with Crippen molar-refractivity contribution in [3.05, 3.63) is 69.5 Å². The van der Waals surface area contributed by atoms with Crippen LogP contribution in [0.4, 0.5) is 15.8 Å². The largest absolute Gasteiger partial charge is 0.340 e. The zero-order valence-corrected chi connectivity index (χ0v) is 16.2. The van der Waals surface area contributed by atoms with Crippen molar-refractivity contribution in [1.82, 2.24) is 5.32 Å². The number of non-ortho nitro benzene ring substituents is 1. The van der Waals surface area contributed by atoms with Gasteiger partial charge in [-0.1, -0.05) is 6.07 Å². The van der Waals surface area contributed by atoms with E-state index in [0.29, 0.717) is 23.4 Å². The SMILES string of the molecule is CSCC[C@H](NC(=O)c1cccc([N+](=O)[O-])c1)C(=O)Nc1ccc(F)cc1C. The Bertz CT molecular complexity index is 891. The van der Waals surface area contributed by atoms with Gasteiger partial charge in [-0.25, -0.2) is 4.39 Å². The molecule has 0 bridgehead atoms. The first-order valence-electron chi connectivity index (χ1n) is 8.43. The lowest BCUT2D eigenvalue weighted by Gasteiger charge is -2.19. The minimum absolute atomic E-state index is 0.0918. The maximum Gasteiger partial charge on any atom is 0.270 e. The predicted molar refractivity (Wildman–Crippen MR) is 107 cm³/mol. The molecule has 0 aliphatic rings. The molecule has 148 valence electrons. The quantitative estimate of drug-likeness (QED) is 0.517. The Kier molecular flexibility index (Phi) is 7.51. The number of rotatable bonds is 8. The smallest absolute Gasteiger partial charge is 0.270 e. The molecule has 0 aliphatic carbocycles. The second-order valence-corrected chi connectivity index (χ2v) is 7.05. The van der Waals surface area contributed by atoms with Crippen molar-refractivity contribution in [1.29, 1.82) is 0 Å². The number of carbonyl (C=O) groups excluding carboxylic acids is 2. The highest BCUT2D eigenvalue weighted by atomic mass is 32.2. The van der Waals surface area contributed by atoms with E-state index in [4.69, 9.17) is 0 Å². The average molecular weight is 405 g/mol. The molecule has 2 aromatic rings. The molecule has 28 heavy (non-hydrogen) atoms. The Hall–Kier alpha value is -2.94. The van der Waals surface area contributed by atoms with Gasteiger partial charge in [0.05, 0.1) is 4.92 Å². The third-order valence-electron chi connectivity index (χ3n) is 4.00. The number of aryl methyl sites for hydroxylation is 1. The number of thioether (sulfide) groups is 1. The first-order valence-corrected chi connectivity index (χ1v) is 9.82. The first kappa shape index (κ1) is 21.4. The minimum atomic E-state index is -0.844. The Morgan fingerprint density at radius 1 is 1.25 bits per heavy atom. The topological polar surface area (TPSA) is 101 Å². The van der Waals surface area contributed by atoms with E-state index in [0.717, 1.165) is 6.07 Å². The number of hydrogen-bond donors (Lipinski definition) is 2. The van der Waals surface area contributed by atoms with Crippen molar-refractivity contribution >= 4 is 35.0 Å². The lowest BCUT2D eigenvalue weighted by atomic mass is 10.1. The number of benzene rings is 2. The van der Waals surface area contributed by atoms with Gasteiger partial charge in [-0.05, 0) is 55.2 Å². The van der Waals surface area contributed by atoms with Crippen molar-refractivity contribution in [2.75, 3.05) is 17.3 Å². The zero-order chi connectivity index (χ0) is 20.7.